The van der Waals surface area contributed by atoms with E-state index in [-0.39, 0.29) is 11.3 Å². The Morgan fingerprint density at radius 1 is 1.33 bits per heavy atom. The molecule has 1 N–H and O–H groups in total. The van der Waals surface area contributed by atoms with Crippen LogP contribution in [0.2, 0.25) is 0 Å². The molecule has 0 aliphatic heterocycles. The van der Waals surface area contributed by atoms with Crippen LogP contribution in [0.4, 0.5) is 0 Å². The molecular weight excluding hydrogens is 192 g/mol. The molecule has 1 rings (SSSR count). The molecule has 0 amide bonds. The number of aliphatic hydroxyl groups excluding tert-OH is 1. The van der Waals surface area contributed by atoms with Crippen LogP contribution in [0.3, 0.4) is 0 Å². The molecule has 1 aromatic carbocycles. The van der Waals surface area contributed by atoms with Crippen molar-refractivity contribution in [3.63, 3.8) is 0 Å². The van der Waals surface area contributed by atoms with Crippen molar-refractivity contribution in [2.45, 2.75) is 13.8 Å². The highest BCUT2D eigenvalue weighted by atomic mass is 16.5. The Balaban J connectivity index is 3.06. The quantitative estimate of drug-likeness (QED) is 0.469. The largest absolute Gasteiger partial charge is 0.512 e. The molecule has 0 saturated carbocycles. The normalized spacial score (nSPS) is 11.9. The summed E-state index contributed by atoms with van der Waals surface area (Å²) in [4.78, 5) is 11.5. The molecule has 80 valence electrons. The molecule has 0 aromatic heterocycles. The van der Waals surface area contributed by atoms with E-state index < -0.39 is 5.97 Å². The lowest BCUT2D eigenvalue weighted by molar-refractivity contribution is -0.136. The number of carbonyl (C=O) groups is 1. The van der Waals surface area contributed by atoms with Crippen LogP contribution < -0.4 is 0 Å². The topological polar surface area (TPSA) is 46.5 Å². The van der Waals surface area contributed by atoms with Gasteiger partial charge in [0.25, 0.3) is 0 Å². The van der Waals surface area contributed by atoms with E-state index >= 15 is 0 Å². The minimum atomic E-state index is -0.497. The van der Waals surface area contributed by atoms with Crippen molar-refractivity contribution in [1.82, 2.24) is 0 Å². The first-order valence-electron chi connectivity index (χ1n) is 4.79. The number of esters is 1. The van der Waals surface area contributed by atoms with E-state index in [4.69, 9.17) is 4.74 Å². The summed E-state index contributed by atoms with van der Waals surface area (Å²) in [7, 11) is 0. The maximum atomic E-state index is 11.5. The van der Waals surface area contributed by atoms with E-state index in [1.165, 1.54) is 6.92 Å². The molecule has 0 heterocycles. The summed E-state index contributed by atoms with van der Waals surface area (Å²) in [5.41, 5.74) is 0.883. The van der Waals surface area contributed by atoms with Gasteiger partial charge in [0.1, 0.15) is 11.3 Å². The van der Waals surface area contributed by atoms with Crippen LogP contribution in [-0.2, 0) is 9.53 Å². The summed E-state index contributed by atoms with van der Waals surface area (Å²) in [5, 5.41) is 9.44. The standard InChI is InChI=1S/C12H14O3/c1-3-15-12(14)11(9(2)13)10-7-5-4-6-8-10/h4-8,13H,3H2,1-2H3. The molecule has 0 bridgehead atoms. The van der Waals surface area contributed by atoms with Crippen LogP contribution >= 0.6 is 0 Å². The van der Waals surface area contributed by atoms with Gasteiger partial charge in [0.05, 0.1) is 6.61 Å². The van der Waals surface area contributed by atoms with Gasteiger partial charge >= 0.3 is 5.97 Å². The van der Waals surface area contributed by atoms with Crippen molar-refractivity contribution >= 4 is 11.5 Å². The number of rotatable bonds is 3. The second-order valence-corrected chi connectivity index (χ2v) is 3.05. The predicted molar refractivity (Wildman–Crippen MR) is 58.3 cm³/mol. The van der Waals surface area contributed by atoms with Crippen LogP contribution in [0.15, 0.2) is 36.1 Å². The highest BCUT2D eigenvalue weighted by molar-refractivity contribution is 6.16. The number of hydrogen-bond donors (Lipinski definition) is 1. The fourth-order valence-corrected chi connectivity index (χ4v) is 1.28. The van der Waals surface area contributed by atoms with Gasteiger partial charge in [0, 0.05) is 0 Å². The number of benzene rings is 1. The van der Waals surface area contributed by atoms with E-state index in [1.54, 1.807) is 31.2 Å². The summed E-state index contributed by atoms with van der Waals surface area (Å²) < 4.78 is 4.86. The Bertz CT molecular complexity index is 362. The Hall–Kier alpha value is -1.77. The van der Waals surface area contributed by atoms with E-state index in [2.05, 4.69) is 0 Å². The Kier molecular flexibility index (Phi) is 3.92. The molecule has 0 atom stereocenters. The van der Waals surface area contributed by atoms with Crippen molar-refractivity contribution < 1.29 is 14.6 Å². The van der Waals surface area contributed by atoms with Gasteiger partial charge in [-0.25, -0.2) is 4.79 Å². The molecule has 0 spiro atoms. The molecule has 0 unspecified atom stereocenters. The molecule has 0 aliphatic rings. The lowest BCUT2D eigenvalue weighted by Crippen LogP contribution is -2.08. The first kappa shape index (κ1) is 11.3. The first-order valence-corrected chi connectivity index (χ1v) is 4.79. The second-order valence-electron chi connectivity index (χ2n) is 3.05. The predicted octanol–water partition coefficient (Wildman–Crippen LogP) is 2.54. The molecule has 0 fully saturated rings. The van der Waals surface area contributed by atoms with Crippen molar-refractivity contribution in [2.24, 2.45) is 0 Å². The Morgan fingerprint density at radius 3 is 2.40 bits per heavy atom. The number of aliphatic hydroxyl groups is 1. The smallest absolute Gasteiger partial charge is 0.342 e. The molecule has 0 saturated heterocycles. The van der Waals surface area contributed by atoms with E-state index in [0.29, 0.717) is 12.2 Å². The van der Waals surface area contributed by atoms with Gasteiger partial charge in [0.2, 0.25) is 0 Å². The number of carbonyl (C=O) groups excluding carboxylic acids is 1. The summed E-state index contributed by atoms with van der Waals surface area (Å²) in [6.07, 6.45) is 0. The summed E-state index contributed by atoms with van der Waals surface area (Å²) in [6, 6.07) is 8.96. The van der Waals surface area contributed by atoms with Gasteiger partial charge in [0.15, 0.2) is 0 Å². The molecular formula is C12H14O3. The average molecular weight is 206 g/mol. The fraction of sp³-hybridized carbons (Fsp3) is 0.250. The zero-order valence-electron chi connectivity index (χ0n) is 8.86. The van der Waals surface area contributed by atoms with Crippen LogP contribution in [0, 0.1) is 0 Å². The highest BCUT2D eigenvalue weighted by Crippen LogP contribution is 2.18. The Morgan fingerprint density at radius 2 is 1.93 bits per heavy atom. The Labute approximate surface area is 89.0 Å². The maximum absolute atomic E-state index is 11.5. The lowest BCUT2D eigenvalue weighted by Gasteiger charge is -2.07. The minimum Gasteiger partial charge on any atom is -0.512 e. The lowest BCUT2D eigenvalue weighted by atomic mass is 10.1. The monoisotopic (exact) mass is 206 g/mol. The van der Waals surface area contributed by atoms with E-state index in [1.807, 2.05) is 6.07 Å². The van der Waals surface area contributed by atoms with Crippen LogP contribution in [0.1, 0.15) is 19.4 Å². The SMILES string of the molecule is CCOC(=O)C(=C(C)O)c1ccccc1. The number of hydrogen-bond acceptors (Lipinski definition) is 3. The van der Waals surface area contributed by atoms with Crippen LogP contribution in [0.5, 0.6) is 0 Å². The molecule has 0 radical (unpaired) electrons. The number of allylic oxidation sites excluding steroid dienone is 1. The maximum Gasteiger partial charge on any atom is 0.342 e. The molecule has 3 nitrogen and oxygen atoms in total. The van der Waals surface area contributed by atoms with Gasteiger partial charge < -0.3 is 9.84 Å². The first-order chi connectivity index (χ1) is 7.16. The second kappa shape index (κ2) is 5.20. The zero-order valence-corrected chi connectivity index (χ0v) is 8.86. The highest BCUT2D eigenvalue weighted by Gasteiger charge is 2.15. The molecule has 15 heavy (non-hydrogen) atoms. The average Bonchev–Trinajstić information content (AvgIpc) is 2.19. The third-order valence-corrected chi connectivity index (χ3v) is 1.90. The molecule has 3 heteroatoms. The molecule has 1 aromatic rings. The fourth-order valence-electron chi connectivity index (χ4n) is 1.28. The van der Waals surface area contributed by atoms with Gasteiger partial charge in [-0.2, -0.15) is 0 Å². The van der Waals surface area contributed by atoms with Crippen LogP contribution in [-0.4, -0.2) is 17.7 Å². The summed E-state index contributed by atoms with van der Waals surface area (Å²) in [6.45, 7) is 3.49. The van der Waals surface area contributed by atoms with Gasteiger partial charge in [-0.15, -0.1) is 0 Å². The van der Waals surface area contributed by atoms with Gasteiger partial charge in [-0.05, 0) is 19.4 Å². The zero-order chi connectivity index (χ0) is 11.3. The van der Waals surface area contributed by atoms with Crippen molar-refractivity contribution in [2.75, 3.05) is 6.61 Å². The van der Waals surface area contributed by atoms with Crippen LogP contribution in [0.25, 0.3) is 5.57 Å². The van der Waals surface area contributed by atoms with Gasteiger partial charge in [-0.3, -0.25) is 0 Å². The number of ether oxygens (including phenoxy) is 1. The third-order valence-electron chi connectivity index (χ3n) is 1.90. The summed E-state index contributed by atoms with van der Waals surface area (Å²) in [5.74, 6) is -0.525. The van der Waals surface area contributed by atoms with Crippen molar-refractivity contribution in [3.8, 4) is 0 Å². The van der Waals surface area contributed by atoms with E-state index in [9.17, 15) is 9.90 Å². The van der Waals surface area contributed by atoms with Crippen molar-refractivity contribution in [3.05, 3.63) is 41.7 Å². The van der Waals surface area contributed by atoms with Crippen molar-refractivity contribution in [1.29, 1.82) is 0 Å². The minimum absolute atomic E-state index is 0.0281. The molecule has 0 aliphatic carbocycles. The third kappa shape index (κ3) is 2.84. The van der Waals surface area contributed by atoms with Gasteiger partial charge in [-0.1, -0.05) is 30.3 Å². The summed E-state index contributed by atoms with van der Waals surface area (Å²) >= 11 is 0. The van der Waals surface area contributed by atoms with E-state index in [0.717, 1.165) is 0 Å².